The molecule has 0 radical (unpaired) electrons. The van der Waals surface area contributed by atoms with Gasteiger partial charge in [0.2, 0.25) is 0 Å². The Morgan fingerprint density at radius 3 is 2.64 bits per heavy atom. The van der Waals surface area contributed by atoms with Gasteiger partial charge in [-0.3, -0.25) is 0 Å². The topological polar surface area (TPSA) is 23.5 Å². The van der Waals surface area contributed by atoms with Gasteiger partial charge in [-0.05, 0) is 37.1 Å². The van der Waals surface area contributed by atoms with Crippen molar-refractivity contribution in [1.29, 1.82) is 0 Å². The fourth-order valence-electron chi connectivity index (χ4n) is 1.29. The molecule has 78 valence electrons. The molecule has 1 atom stereocenters. The minimum atomic E-state index is -0.407. The molecule has 0 aliphatic heterocycles. The van der Waals surface area contributed by atoms with Crippen LogP contribution in [-0.2, 0) is 0 Å². The summed E-state index contributed by atoms with van der Waals surface area (Å²) in [6.45, 7) is 4.01. The maximum atomic E-state index is 9.65. The number of anilines is 1. The average molecular weight is 258 g/mol. The Bertz CT molecular complexity index is 314. The quantitative estimate of drug-likeness (QED) is 0.842. The highest BCUT2D eigenvalue weighted by atomic mass is 79.9. The van der Waals surface area contributed by atoms with Crippen molar-refractivity contribution in [1.82, 2.24) is 0 Å². The second kappa shape index (κ2) is 4.80. The Kier molecular flexibility index (Phi) is 3.96. The lowest BCUT2D eigenvalue weighted by Gasteiger charge is -2.25. The van der Waals surface area contributed by atoms with Crippen LogP contribution in [0.25, 0.3) is 0 Å². The van der Waals surface area contributed by atoms with Gasteiger partial charge in [-0.15, -0.1) is 0 Å². The van der Waals surface area contributed by atoms with Crippen LogP contribution in [0, 0.1) is 6.92 Å². The Morgan fingerprint density at radius 1 is 1.50 bits per heavy atom. The summed E-state index contributed by atoms with van der Waals surface area (Å²) in [5, 5.41) is 9.65. The van der Waals surface area contributed by atoms with E-state index in [1.165, 1.54) is 5.56 Å². The molecule has 1 aromatic rings. The van der Waals surface area contributed by atoms with E-state index in [1.807, 2.05) is 37.9 Å². The molecule has 0 saturated carbocycles. The van der Waals surface area contributed by atoms with E-state index in [4.69, 9.17) is 0 Å². The van der Waals surface area contributed by atoms with Crippen LogP contribution in [0.4, 0.5) is 5.69 Å². The van der Waals surface area contributed by atoms with Gasteiger partial charge in [0, 0.05) is 17.2 Å². The van der Waals surface area contributed by atoms with Crippen LogP contribution in [0.2, 0.25) is 0 Å². The molecule has 0 aromatic heterocycles. The Labute approximate surface area is 93.7 Å². The number of hydrogen-bond donors (Lipinski definition) is 1. The van der Waals surface area contributed by atoms with Crippen molar-refractivity contribution >= 4 is 21.6 Å². The molecular weight excluding hydrogens is 242 g/mol. The molecule has 0 heterocycles. The van der Waals surface area contributed by atoms with E-state index in [0.29, 0.717) is 0 Å². The first-order valence-corrected chi connectivity index (χ1v) is 5.52. The first-order chi connectivity index (χ1) is 6.56. The van der Waals surface area contributed by atoms with E-state index < -0.39 is 6.23 Å². The number of rotatable bonds is 3. The summed E-state index contributed by atoms with van der Waals surface area (Å²) in [5.74, 6) is 0. The fourth-order valence-corrected chi connectivity index (χ4v) is 1.54. The van der Waals surface area contributed by atoms with Crippen LogP contribution in [0.1, 0.15) is 18.9 Å². The first kappa shape index (κ1) is 11.5. The summed E-state index contributed by atoms with van der Waals surface area (Å²) in [4.78, 5) is 1.87. The largest absolute Gasteiger partial charge is 0.374 e. The third-order valence-corrected chi connectivity index (χ3v) is 3.25. The summed E-state index contributed by atoms with van der Waals surface area (Å²) in [5.41, 5.74) is 2.22. The smallest absolute Gasteiger partial charge is 0.126 e. The van der Waals surface area contributed by atoms with Gasteiger partial charge in [0.25, 0.3) is 0 Å². The van der Waals surface area contributed by atoms with E-state index in [0.717, 1.165) is 16.6 Å². The van der Waals surface area contributed by atoms with Gasteiger partial charge in [0.1, 0.15) is 6.23 Å². The van der Waals surface area contributed by atoms with Crippen molar-refractivity contribution in [3.05, 3.63) is 28.2 Å². The highest BCUT2D eigenvalue weighted by Crippen LogP contribution is 2.23. The molecule has 2 nitrogen and oxygen atoms in total. The molecule has 1 unspecified atom stereocenters. The molecule has 0 fully saturated rings. The lowest BCUT2D eigenvalue weighted by Crippen LogP contribution is -2.30. The van der Waals surface area contributed by atoms with Crippen LogP contribution >= 0.6 is 15.9 Å². The molecule has 0 aliphatic carbocycles. The van der Waals surface area contributed by atoms with E-state index in [1.54, 1.807) is 0 Å². The van der Waals surface area contributed by atoms with Crippen molar-refractivity contribution in [2.45, 2.75) is 26.5 Å². The van der Waals surface area contributed by atoms with Crippen LogP contribution < -0.4 is 4.90 Å². The molecule has 3 heteroatoms. The SMILES string of the molecule is CCC(O)N(C)c1ccc(Br)c(C)c1. The lowest BCUT2D eigenvalue weighted by molar-refractivity contribution is 0.170. The van der Waals surface area contributed by atoms with E-state index >= 15 is 0 Å². The normalized spacial score (nSPS) is 12.6. The van der Waals surface area contributed by atoms with E-state index in [-0.39, 0.29) is 0 Å². The molecule has 1 aromatic carbocycles. The average Bonchev–Trinajstić information content (AvgIpc) is 2.20. The van der Waals surface area contributed by atoms with Gasteiger partial charge in [0.15, 0.2) is 0 Å². The zero-order chi connectivity index (χ0) is 10.7. The van der Waals surface area contributed by atoms with Gasteiger partial charge in [-0.25, -0.2) is 0 Å². The summed E-state index contributed by atoms with van der Waals surface area (Å²) < 4.78 is 1.10. The van der Waals surface area contributed by atoms with Gasteiger partial charge < -0.3 is 10.0 Å². The van der Waals surface area contributed by atoms with Crippen molar-refractivity contribution < 1.29 is 5.11 Å². The molecule has 0 bridgehead atoms. The highest BCUT2D eigenvalue weighted by molar-refractivity contribution is 9.10. The zero-order valence-electron chi connectivity index (χ0n) is 8.79. The zero-order valence-corrected chi connectivity index (χ0v) is 10.4. The fraction of sp³-hybridized carbons (Fsp3) is 0.455. The maximum absolute atomic E-state index is 9.65. The van der Waals surface area contributed by atoms with Gasteiger partial charge in [0.05, 0.1) is 0 Å². The molecule has 1 N–H and O–H groups in total. The molecular formula is C11H16BrNO. The van der Waals surface area contributed by atoms with E-state index in [9.17, 15) is 5.11 Å². The number of aryl methyl sites for hydroxylation is 1. The molecule has 14 heavy (non-hydrogen) atoms. The summed E-state index contributed by atoms with van der Waals surface area (Å²) in [6, 6.07) is 6.06. The van der Waals surface area contributed by atoms with E-state index in [2.05, 4.69) is 22.0 Å². The first-order valence-electron chi connectivity index (χ1n) is 4.73. The second-order valence-electron chi connectivity index (χ2n) is 3.43. The van der Waals surface area contributed by atoms with Crippen molar-refractivity contribution in [2.24, 2.45) is 0 Å². The summed E-state index contributed by atoms with van der Waals surface area (Å²) in [6.07, 6.45) is 0.321. The highest BCUT2D eigenvalue weighted by Gasteiger charge is 2.09. The molecule has 0 spiro atoms. The number of nitrogens with zero attached hydrogens (tertiary/aromatic N) is 1. The second-order valence-corrected chi connectivity index (χ2v) is 4.29. The predicted molar refractivity (Wildman–Crippen MR) is 63.6 cm³/mol. The molecule has 0 saturated heterocycles. The number of hydrogen-bond acceptors (Lipinski definition) is 2. The van der Waals surface area contributed by atoms with Crippen molar-refractivity contribution in [3.8, 4) is 0 Å². The number of aliphatic hydroxyl groups excluding tert-OH is 1. The number of benzene rings is 1. The number of aliphatic hydroxyl groups is 1. The maximum Gasteiger partial charge on any atom is 0.126 e. The summed E-state index contributed by atoms with van der Waals surface area (Å²) in [7, 11) is 1.90. The number of halogens is 1. The molecule has 0 amide bonds. The van der Waals surface area contributed by atoms with Gasteiger partial charge in [-0.1, -0.05) is 22.9 Å². The minimum absolute atomic E-state index is 0.407. The van der Waals surface area contributed by atoms with Crippen molar-refractivity contribution in [3.63, 3.8) is 0 Å². The lowest BCUT2D eigenvalue weighted by atomic mass is 10.2. The van der Waals surface area contributed by atoms with Crippen LogP contribution in [0.5, 0.6) is 0 Å². The van der Waals surface area contributed by atoms with Crippen LogP contribution in [0.15, 0.2) is 22.7 Å². The Morgan fingerprint density at radius 2 is 2.14 bits per heavy atom. The summed E-state index contributed by atoms with van der Waals surface area (Å²) >= 11 is 3.45. The Hall–Kier alpha value is -0.540. The monoisotopic (exact) mass is 257 g/mol. The molecule has 0 aliphatic rings. The molecule has 1 rings (SSSR count). The standard InChI is InChI=1S/C11H16BrNO/c1-4-11(14)13(3)9-5-6-10(12)8(2)7-9/h5-7,11,14H,4H2,1-3H3. The van der Waals surface area contributed by atoms with Gasteiger partial charge in [-0.2, -0.15) is 0 Å². The Balaban J connectivity index is 2.91. The van der Waals surface area contributed by atoms with Crippen molar-refractivity contribution in [2.75, 3.05) is 11.9 Å². The van der Waals surface area contributed by atoms with Crippen LogP contribution in [0.3, 0.4) is 0 Å². The predicted octanol–water partition coefficient (Wildman–Crippen LogP) is 2.92. The van der Waals surface area contributed by atoms with Crippen LogP contribution in [-0.4, -0.2) is 18.4 Å². The third kappa shape index (κ3) is 2.49. The van der Waals surface area contributed by atoms with Gasteiger partial charge >= 0.3 is 0 Å². The minimum Gasteiger partial charge on any atom is -0.374 e. The third-order valence-electron chi connectivity index (χ3n) is 2.36.